The molecule has 0 fully saturated rings. The summed E-state index contributed by atoms with van der Waals surface area (Å²) in [4.78, 5) is 25.8. The van der Waals surface area contributed by atoms with Gasteiger partial charge < -0.3 is 15.5 Å². The lowest BCUT2D eigenvalue weighted by Gasteiger charge is -2.13. The van der Waals surface area contributed by atoms with Crippen molar-refractivity contribution in [3.8, 4) is 0 Å². The molecule has 0 aliphatic carbocycles. The smallest absolute Gasteiger partial charge is 0.233 e. The molecule has 0 aromatic heterocycles. The minimum Gasteiger partial charge on any atom is -0.378 e. The quantitative estimate of drug-likeness (QED) is 0.812. The lowest BCUT2D eigenvalue weighted by Crippen LogP contribution is -2.21. The van der Waals surface area contributed by atoms with E-state index in [1.807, 2.05) is 44.1 Å². The molecule has 0 aliphatic rings. The summed E-state index contributed by atoms with van der Waals surface area (Å²) in [5.41, 5.74) is 3.17. The van der Waals surface area contributed by atoms with Gasteiger partial charge in [-0.3, -0.25) is 9.59 Å². The number of amides is 2. The Morgan fingerprint density at radius 2 is 1.50 bits per heavy atom. The number of rotatable bonds is 5. The molecule has 0 aliphatic heterocycles. The highest BCUT2D eigenvalue weighted by atomic mass is 35.5. The Morgan fingerprint density at radius 1 is 0.958 bits per heavy atom. The van der Waals surface area contributed by atoms with Crippen LogP contribution < -0.4 is 15.5 Å². The first kappa shape index (κ1) is 17.8. The van der Waals surface area contributed by atoms with Gasteiger partial charge in [-0.05, 0) is 48.9 Å². The van der Waals surface area contributed by atoms with Crippen LogP contribution in [0.3, 0.4) is 0 Å². The molecule has 24 heavy (non-hydrogen) atoms. The summed E-state index contributed by atoms with van der Waals surface area (Å²) < 4.78 is 0. The van der Waals surface area contributed by atoms with E-state index < -0.39 is 5.91 Å². The number of nitrogens with one attached hydrogen (secondary N) is 2. The third-order valence-electron chi connectivity index (χ3n) is 3.44. The number of anilines is 3. The third-order valence-corrected chi connectivity index (χ3v) is 3.85. The van der Waals surface area contributed by atoms with E-state index in [1.165, 1.54) is 0 Å². The largest absolute Gasteiger partial charge is 0.378 e. The molecule has 2 amide bonds. The minimum atomic E-state index is -0.391. The van der Waals surface area contributed by atoms with Crippen LogP contribution in [0.5, 0.6) is 0 Å². The molecular weight excluding hydrogens is 326 g/mol. The Morgan fingerprint density at radius 3 is 2.04 bits per heavy atom. The molecule has 2 rings (SSSR count). The number of nitrogens with zero attached hydrogens (tertiary/aromatic N) is 1. The lowest BCUT2D eigenvalue weighted by atomic mass is 10.2. The van der Waals surface area contributed by atoms with Gasteiger partial charge in [-0.2, -0.15) is 0 Å². The monoisotopic (exact) mass is 345 g/mol. The molecule has 0 radical (unpaired) electrons. The topological polar surface area (TPSA) is 61.4 Å². The highest BCUT2D eigenvalue weighted by molar-refractivity contribution is 6.31. The fourth-order valence-corrected chi connectivity index (χ4v) is 2.25. The summed E-state index contributed by atoms with van der Waals surface area (Å²) >= 11 is 6.01. The maximum absolute atomic E-state index is 11.9. The molecule has 0 atom stereocenters. The maximum atomic E-state index is 11.9. The van der Waals surface area contributed by atoms with E-state index in [2.05, 4.69) is 10.6 Å². The van der Waals surface area contributed by atoms with Crippen molar-refractivity contribution in [2.45, 2.75) is 13.3 Å². The number of carbonyl (C=O) groups is 2. The maximum Gasteiger partial charge on any atom is 0.233 e. The summed E-state index contributed by atoms with van der Waals surface area (Å²) in [6.45, 7) is 1.88. The first-order valence-electron chi connectivity index (χ1n) is 7.48. The Hall–Kier alpha value is -2.53. The van der Waals surface area contributed by atoms with E-state index in [0.717, 1.165) is 11.3 Å². The second-order valence-electron chi connectivity index (χ2n) is 5.68. The van der Waals surface area contributed by atoms with Crippen molar-refractivity contribution in [1.82, 2.24) is 0 Å². The van der Waals surface area contributed by atoms with Gasteiger partial charge in [0.2, 0.25) is 11.8 Å². The fourth-order valence-electron chi connectivity index (χ4n) is 2.07. The second kappa shape index (κ2) is 7.84. The fraction of sp³-hybridized carbons (Fsp3) is 0.222. The summed E-state index contributed by atoms with van der Waals surface area (Å²) in [6, 6.07) is 12.6. The van der Waals surface area contributed by atoms with Crippen LogP contribution in [0.25, 0.3) is 0 Å². The number of carbonyl (C=O) groups excluding carboxylic acids is 2. The molecule has 5 nitrogen and oxygen atoms in total. The first-order valence-corrected chi connectivity index (χ1v) is 7.86. The summed E-state index contributed by atoms with van der Waals surface area (Å²) in [5, 5.41) is 5.93. The van der Waals surface area contributed by atoms with Gasteiger partial charge in [0, 0.05) is 36.2 Å². The predicted molar refractivity (Wildman–Crippen MR) is 98.8 cm³/mol. The molecule has 6 heteroatoms. The highest BCUT2D eigenvalue weighted by Crippen LogP contribution is 2.20. The van der Waals surface area contributed by atoms with Gasteiger partial charge in [0.25, 0.3) is 0 Å². The summed E-state index contributed by atoms with van der Waals surface area (Å²) in [5.74, 6) is -0.763. The number of hydrogen-bond donors (Lipinski definition) is 2. The van der Waals surface area contributed by atoms with Crippen LogP contribution in [-0.4, -0.2) is 25.9 Å². The number of hydrogen-bond acceptors (Lipinski definition) is 3. The predicted octanol–water partition coefficient (Wildman–Crippen LogP) is 3.68. The van der Waals surface area contributed by atoms with Gasteiger partial charge in [-0.25, -0.2) is 0 Å². The first-order chi connectivity index (χ1) is 11.3. The van der Waals surface area contributed by atoms with E-state index in [4.69, 9.17) is 11.6 Å². The summed E-state index contributed by atoms with van der Waals surface area (Å²) in [6.07, 6.45) is -0.263. The second-order valence-corrected chi connectivity index (χ2v) is 6.09. The van der Waals surface area contributed by atoms with Crippen LogP contribution in [0.2, 0.25) is 5.02 Å². The van der Waals surface area contributed by atoms with Crippen LogP contribution in [0.4, 0.5) is 17.1 Å². The highest BCUT2D eigenvalue weighted by Gasteiger charge is 2.11. The van der Waals surface area contributed by atoms with Gasteiger partial charge in [0.15, 0.2) is 0 Å². The van der Waals surface area contributed by atoms with Crippen molar-refractivity contribution in [2.75, 3.05) is 29.6 Å². The number of halogens is 1. The SMILES string of the molecule is Cc1ccc(NC(=O)CC(=O)Nc2ccc(N(C)C)cc2)cc1Cl. The van der Waals surface area contributed by atoms with E-state index in [0.29, 0.717) is 16.4 Å². The van der Waals surface area contributed by atoms with Crippen molar-refractivity contribution in [3.63, 3.8) is 0 Å². The van der Waals surface area contributed by atoms with Crippen LogP contribution in [0.15, 0.2) is 42.5 Å². The normalized spacial score (nSPS) is 10.2. The number of aryl methyl sites for hydroxylation is 1. The average Bonchev–Trinajstić information content (AvgIpc) is 2.51. The van der Waals surface area contributed by atoms with Gasteiger partial charge in [0.05, 0.1) is 0 Å². The molecule has 2 aromatic carbocycles. The zero-order valence-corrected chi connectivity index (χ0v) is 14.6. The molecule has 0 heterocycles. The minimum absolute atomic E-state index is 0.263. The lowest BCUT2D eigenvalue weighted by molar-refractivity contribution is -0.123. The van der Waals surface area contributed by atoms with Gasteiger partial charge in [-0.1, -0.05) is 17.7 Å². The van der Waals surface area contributed by atoms with E-state index in [-0.39, 0.29) is 12.3 Å². The zero-order chi connectivity index (χ0) is 17.7. The van der Waals surface area contributed by atoms with Crippen LogP contribution >= 0.6 is 11.6 Å². The zero-order valence-electron chi connectivity index (χ0n) is 13.9. The third kappa shape index (κ3) is 4.99. The molecular formula is C18H20ClN3O2. The molecule has 0 saturated carbocycles. The molecule has 0 saturated heterocycles. The standard InChI is InChI=1S/C18H20ClN3O2/c1-12-4-5-14(10-16(12)19)21-18(24)11-17(23)20-13-6-8-15(9-7-13)22(2)3/h4-10H,11H2,1-3H3,(H,20,23)(H,21,24). The van der Waals surface area contributed by atoms with E-state index in [9.17, 15) is 9.59 Å². The van der Waals surface area contributed by atoms with E-state index >= 15 is 0 Å². The molecule has 0 bridgehead atoms. The van der Waals surface area contributed by atoms with Crippen molar-refractivity contribution in [1.29, 1.82) is 0 Å². The van der Waals surface area contributed by atoms with Gasteiger partial charge in [0.1, 0.15) is 6.42 Å². The van der Waals surface area contributed by atoms with Crippen LogP contribution in [-0.2, 0) is 9.59 Å². The molecule has 0 unspecified atom stereocenters. The molecule has 126 valence electrons. The van der Waals surface area contributed by atoms with Crippen molar-refractivity contribution >= 4 is 40.5 Å². The van der Waals surface area contributed by atoms with Crippen molar-refractivity contribution in [2.24, 2.45) is 0 Å². The Labute approximate surface area is 146 Å². The number of benzene rings is 2. The van der Waals surface area contributed by atoms with E-state index in [1.54, 1.807) is 24.3 Å². The average molecular weight is 346 g/mol. The van der Waals surface area contributed by atoms with Gasteiger partial charge >= 0.3 is 0 Å². The summed E-state index contributed by atoms with van der Waals surface area (Å²) in [7, 11) is 3.88. The van der Waals surface area contributed by atoms with Crippen LogP contribution in [0, 0.1) is 6.92 Å². The Balaban J connectivity index is 1.89. The molecule has 2 N–H and O–H groups in total. The molecule has 2 aromatic rings. The Bertz CT molecular complexity index is 742. The van der Waals surface area contributed by atoms with Crippen LogP contribution in [0.1, 0.15) is 12.0 Å². The van der Waals surface area contributed by atoms with Crippen molar-refractivity contribution in [3.05, 3.63) is 53.1 Å². The Kier molecular flexibility index (Phi) is 5.82. The molecule has 0 spiro atoms. The van der Waals surface area contributed by atoms with Gasteiger partial charge in [-0.15, -0.1) is 0 Å². The van der Waals surface area contributed by atoms with Crippen molar-refractivity contribution < 1.29 is 9.59 Å².